The van der Waals surface area contributed by atoms with Crippen molar-refractivity contribution in [1.29, 1.82) is 0 Å². The van der Waals surface area contributed by atoms with E-state index < -0.39 is 0 Å². The fourth-order valence-electron chi connectivity index (χ4n) is 4.90. The van der Waals surface area contributed by atoms with Crippen LogP contribution in [0.3, 0.4) is 0 Å². The van der Waals surface area contributed by atoms with Crippen LogP contribution in [0.4, 0.5) is 0 Å². The molecule has 6 heteroatoms. The lowest BCUT2D eigenvalue weighted by atomic mass is 10.1. The van der Waals surface area contributed by atoms with Crippen molar-refractivity contribution >= 4 is 90.3 Å². The molecule has 0 spiro atoms. The molecule has 0 bridgehead atoms. The Hall–Kier alpha value is -2.50. The molecule has 4 aromatic carbocycles. The molecule has 2 nitrogen and oxygen atoms in total. The third-order valence-electron chi connectivity index (χ3n) is 6.76. The Kier molecular flexibility index (Phi) is 7.94. The van der Waals surface area contributed by atoms with E-state index >= 15 is 0 Å². The number of nitrogens with zero attached hydrogens (tertiary/aromatic N) is 2. The average Bonchev–Trinajstić information content (AvgIpc) is 2.94. The predicted molar refractivity (Wildman–Crippen MR) is 168 cm³/mol. The molecule has 0 fully saturated rings. The van der Waals surface area contributed by atoms with Gasteiger partial charge in [0.25, 0.3) is 0 Å². The Morgan fingerprint density at radius 3 is 1.37 bits per heavy atom. The van der Waals surface area contributed by atoms with Crippen LogP contribution >= 0.6 is 46.7 Å². The first-order chi connectivity index (χ1) is 18.7. The Balaban J connectivity index is 1.07. The van der Waals surface area contributed by atoms with Gasteiger partial charge in [0.05, 0.1) is 32.1 Å². The average molecular weight is 574 g/mol. The molecule has 0 aliphatic heterocycles. The molecule has 0 saturated heterocycles. The van der Waals surface area contributed by atoms with Gasteiger partial charge in [0.2, 0.25) is 0 Å². The lowest BCUT2D eigenvalue weighted by Crippen LogP contribution is -1.91. The topological polar surface area (TPSA) is 25.8 Å². The van der Waals surface area contributed by atoms with Gasteiger partial charge in [-0.3, -0.25) is 0 Å². The van der Waals surface area contributed by atoms with Gasteiger partial charge in [0.1, 0.15) is 0 Å². The van der Waals surface area contributed by atoms with Crippen LogP contribution in [-0.4, -0.2) is 21.5 Å². The van der Waals surface area contributed by atoms with Crippen molar-refractivity contribution in [3.63, 3.8) is 0 Å². The fraction of sp³-hybridized carbons (Fsp3) is 0.188. The minimum atomic E-state index is 0.713. The molecule has 190 valence electrons. The van der Waals surface area contributed by atoms with E-state index in [1.165, 1.54) is 46.2 Å². The number of aromatic nitrogens is 2. The summed E-state index contributed by atoms with van der Waals surface area (Å²) in [7, 11) is 0. The van der Waals surface area contributed by atoms with Gasteiger partial charge < -0.3 is 0 Å². The molecule has 0 amide bonds. The highest BCUT2D eigenvalue weighted by Crippen LogP contribution is 2.38. The Morgan fingerprint density at radius 1 is 0.474 bits per heavy atom. The molecule has 38 heavy (non-hydrogen) atoms. The maximum absolute atomic E-state index is 6.49. The van der Waals surface area contributed by atoms with Crippen molar-refractivity contribution in [1.82, 2.24) is 9.97 Å². The lowest BCUT2D eigenvalue weighted by molar-refractivity contribution is 0.711. The SMILES string of the molecule is Clc1cccc2c(SCCCCCCSc3c4ccccc4nc4c(Cl)cccc34)c3ccccc3nc12. The maximum atomic E-state index is 6.49. The molecule has 0 aliphatic rings. The Bertz CT molecular complexity index is 1640. The van der Waals surface area contributed by atoms with Gasteiger partial charge in [-0.1, -0.05) is 96.7 Å². The number of rotatable bonds is 9. The van der Waals surface area contributed by atoms with E-state index in [9.17, 15) is 0 Å². The molecule has 0 unspecified atom stereocenters. The van der Waals surface area contributed by atoms with E-state index in [0.717, 1.165) is 44.3 Å². The highest BCUT2D eigenvalue weighted by atomic mass is 35.5. The van der Waals surface area contributed by atoms with Crippen LogP contribution in [0.15, 0.2) is 94.7 Å². The van der Waals surface area contributed by atoms with E-state index in [-0.39, 0.29) is 0 Å². The summed E-state index contributed by atoms with van der Waals surface area (Å²) in [5.74, 6) is 2.17. The summed E-state index contributed by atoms with van der Waals surface area (Å²) < 4.78 is 0. The monoisotopic (exact) mass is 572 g/mol. The molecule has 0 saturated carbocycles. The van der Waals surface area contributed by atoms with Gasteiger partial charge in [-0.05, 0) is 48.6 Å². The van der Waals surface area contributed by atoms with Gasteiger partial charge in [0.15, 0.2) is 0 Å². The molecule has 6 aromatic rings. The number of pyridine rings is 2. The normalized spacial score (nSPS) is 11.7. The number of thioether (sulfide) groups is 2. The Labute approximate surface area is 241 Å². The van der Waals surface area contributed by atoms with Gasteiger partial charge in [-0.2, -0.15) is 0 Å². The van der Waals surface area contributed by atoms with Crippen molar-refractivity contribution in [2.24, 2.45) is 0 Å². The third-order valence-corrected chi connectivity index (χ3v) is 9.81. The number of fused-ring (bicyclic) bond motifs is 4. The van der Waals surface area contributed by atoms with Gasteiger partial charge in [0, 0.05) is 31.3 Å². The zero-order valence-electron chi connectivity index (χ0n) is 20.8. The summed E-state index contributed by atoms with van der Waals surface area (Å²) in [4.78, 5) is 12.2. The first kappa shape index (κ1) is 25.8. The molecule has 0 atom stereocenters. The van der Waals surface area contributed by atoms with Crippen molar-refractivity contribution < 1.29 is 0 Å². The van der Waals surface area contributed by atoms with Crippen molar-refractivity contribution in [2.45, 2.75) is 35.5 Å². The van der Waals surface area contributed by atoms with Crippen LogP contribution in [0.25, 0.3) is 43.6 Å². The minimum Gasteiger partial charge on any atom is -0.246 e. The largest absolute Gasteiger partial charge is 0.246 e. The second-order valence-corrected chi connectivity index (χ2v) is 12.3. The molecule has 2 aromatic heterocycles. The van der Waals surface area contributed by atoms with Crippen LogP contribution in [0.1, 0.15) is 25.7 Å². The van der Waals surface area contributed by atoms with Crippen molar-refractivity contribution in [3.05, 3.63) is 95.0 Å². The highest BCUT2D eigenvalue weighted by Gasteiger charge is 2.13. The summed E-state index contributed by atoms with van der Waals surface area (Å²) >= 11 is 16.8. The summed E-state index contributed by atoms with van der Waals surface area (Å²) in [6.45, 7) is 0. The third kappa shape index (κ3) is 5.20. The summed E-state index contributed by atoms with van der Waals surface area (Å²) in [5, 5.41) is 6.14. The minimum absolute atomic E-state index is 0.713. The highest BCUT2D eigenvalue weighted by molar-refractivity contribution is 8.00. The van der Waals surface area contributed by atoms with Gasteiger partial charge in [-0.15, -0.1) is 23.5 Å². The van der Waals surface area contributed by atoms with Crippen LogP contribution in [-0.2, 0) is 0 Å². The smallest absolute Gasteiger partial charge is 0.0907 e. The number of hydrogen-bond donors (Lipinski definition) is 0. The van der Waals surface area contributed by atoms with E-state index in [1.807, 2.05) is 59.9 Å². The molecule has 0 N–H and O–H groups in total. The molecule has 2 heterocycles. The van der Waals surface area contributed by atoms with Crippen LogP contribution in [0.2, 0.25) is 10.0 Å². The zero-order valence-corrected chi connectivity index (χ0v) is 23.9. The van der Waals surface area contributed by atoms with Crippen LogP contribution in [0.5, 0.6) is 0 Å². The standard InChI is InChI=1S/C32H26Cl2N2S2/c33-25-15-9-13-23-29(25)35-27-17-5-3-11-21(27)31(23)37-19-7-1-2-8-20-38-32-22-12-4-6-18-28(22)36-30-24(32)14-10-16-26(30)34/h3-6,9-18H,1-2,7-8,19-20H2. The Morgan fingerprint density at radius 2 is 0.895 bits per heavy atom. The number of benzene rings is 4. The van der Waals surface area contributed by atoms with E-state index in [1.54, 1.807) is 0 Å². The molecular formula is C32H26Cl2N2S2. The second-order valence-electron chi connectivity index (χ2n) is 9.30. The predicted octanol–water partition coefficient (Wildman–Crippen LogP) is 10.8. The summed E-state index contributed by atoms with van der Waals surface area (Å²) in [6, 6.07) is 28.9. The summed E-state index contributed by atoms with van der Waals surface area (Å²) in [6.07, 6.45) is 4.81. The first-order valence-electron chi connectivity index (χ1n) is 12.9. The molecule has 0 radical (unpaired) electrons. The number of halogens is 2. The van der Waals surface area contributed by atoms with Crippen molar-refractivity contribution in [3.8, 4) is 0 Å². The number of unbranched alkanes of at least 4 members (excludes halogenated alkanes) is 3. The van der Waals surface area contributed by atoms with E-state index in [4.69, 9.17) is 33.2 Å². The molecule has 6 rings (SSSR count). The maximum Gasteiger partial charge on any atom is 0.0907 e. The fourth-order valence-corrected chi connectivity index (χ4v) is 7.73. The quantitative estimate of drug-likeness (QED) is 0.0976. The van der Waals surface area contributed by atoms with Gasteiger partial charge in [-0.25, -0.2) is 9.97 Å². The van der Waals surface area contributed by atoms with Crippen molar-refractivity contribution in [2.75, 3.05) is 11.5 Å². The lowest BCUT2D eigenvalue weighted by Gasteiger charge is -2.12. The molecular weight excluding hydrogens is 547 g/mol. The molecule has 0 aliphatic carbocycles. The second kappa shape index (κ2) is 11.7. The van der Waals surface area contributed by atoms with E-state index in [2.05, 4.69) is 48.5 Å². The summed E-state index contributed by atoms with van der Waals surface area (Å²) in [5.41, 5.74) is 3.80. The zero-order chi connectivity index (χ0) is 25.9. The van der Waals surface area contributed by atoms with E-state index in [0.29, 0.717) is 10.0 Å². The first-order valence-corrected chi connectivity index (χ1v) is 15.6. The van der Waals surface area contributed by atoms with Crippen LogP contribution < -0.4 is 0 Å². The number of para-hydroxylation sites is 4. The van der Waals surface area contributed by atoms with Gasteiger partial charge >= 0.3 is 0 Å². The number of hydrogen-bond acceptors (Lipinski definition) is 4. The van der Waals surface area contributed by atoms with Crippen LogP contribution in [0, 0.1) is 0 Å².